The molecule has 2 rings (SSSR count). The first-order chi connectivity index (χ1) is 10.8. The maximum absolute atomic E-state index is 11.1. The molecule has 0 radical (unpaired) electrons. The Balaban J connectivity index is 2.40. The topological polar surface area (TPSA) is 98.1 Å². The Morgan fingerprint density at radius 3 is 2.43 bits per heavy atom. The Hall–Kier alpha value is -2.14. The molecule has 0 aliphatic carbocycles. The van der Waals surface area contributed by atoms with Crippen LogP contribution in [-0.4, -0.2) is 19.2 Å². The first-order valence-electron chi connectivity index (χ1n) is 7.11. The fraction of sp³-hybridized carbons (Fsp3) is 0.312. The van der Waals surface area contributed by atoms with E-state index in [1.165, 1.54) is 0 Å². The number of aromatic nitrogens is 1. The highest BCUT2D eigenvalue weighted by molar-refractivity contribution is 7.86. The summed E-state index contributed by atoms with van der Waals surface area (Å²) in [6, 6.07) is 11.1. The van der Waals surface area contributed by atoms with Crippen LogP contribution in [0.1, 0.15) is 30.0 Å². The van der Waals surface area contributed by atoms with Gasteiger partial charge in [-0.15, -0.1) is 0 Å². The minimum atomic E-state index is -3.62. The molecule has 0 spiro atoms. The fourth-order valence-electron chi connectivity index (χ4n) is 2.56. The first kappa shape index (κ1) is 17.2. The molecule has 1 aromatic carbocycles. The molecule has 23 heavy (non-hydrogen) atoms. The van der Waals surface area contributed by atoms with Crippen LogP contribution in [-0.2, 0) is 20.8 Å². The molecular formula is C16H19N3O3S. The third kappa shape index (κ3) is 3.79. The molecule has 0 bridgehead atoms. The number of rotatable bonds is 5. The molecule has 122 valence electrons. The Morgan fingerprint density at radius 1 is 1.35 bits per heavy atom. The summed E-state index contributed by atoms with van der Waals surface area (Å²) >= 11 is 0. The minimum Gasteiger partial charge on any atom is -0.344 e. The second kappa shape index (κ2) is 6.54. The van der Waals surface area contributed by atoms with Gasteiger partial charge in [-0.1, -0.05) is 24.3 Å². The highest BCUT2D eigenvalue weighted by atomic mass is 32.2. The normalized spacial score (nSPS) is 12.8. The van der Waals surface area contributed by atoms with E-state index in [0.29, 0.717) is 11.1 Å². The molecular weight excluding hydrogens is 314 g/mol. The predicted molar refractivity (Wildman–Crippen MR) is 87.9 cm³/mol. The van der Waals surface area contributed by atoms with Crippen LogP contribution >= 0.6 is 0 Å². The van der Waals surface area contributed by atoms with Crippen molar-refractivity contribution in [2.45, 2.75) is 26.6 Å². The summed E-state index contributed by atoms with van der Waals surface area (Å²) in [6.07, 6.45) is -0.0914. The van der Waals surface area contributed by atoms with Crippen molar-refractivity contribution in [3.63, 3.8) is 0 Å². The van der Waals surface area contributed by atoms with E-state index < -0.39 is 16.3 Å². The number of nitrogens with two attached hydrogens (primary N) is 1. The number of hydrogen-bond acceptors (Lipinski definition) is 5. The molecule has 2 aromatic rings. The smallest absolute Gasteiger partial charge is 0.266 e. The van der Waals surface area contributed by atoms with Crippen molar-refractivity contribution in [1.29, 1.82) is 5.26 Å². The van der Waals surface area contributed by atoms with Gasteiger partial charge in [0, 0.05) is 12.2 Å². The lowest BCUT2D eigenvalue weighted by atomic mass is 10.1. The lowest BCUT2D eigenvalue weighted by Crippen LogP contribution is -2.18. The van der Waals surface area contributed by atoms with Gasteiger partial charge in [0.15, 0.2) is 6.23 Å². The first-order valence-corrected chi connectivity index (χ1v) is 8.93. The van der Waals surface area contributed by atoms with Gasteiger partial charge in [0.1, 0.15) is 6.07 Å². The Morgan fingerprint density at radius 2 is 1.96 bits per heavy atom. The third-order valence-corrected chi connectivity index (χ3v) is 4.09. The van der Waals surface area contributed by atoms with Crippen molar-refractivity contribution in [3.8, 4) is 17.3 Å². The van der Waals surface area contributed by atoms with E-state index in [9.17, 15) is 13.7 Å². The van der Waals surface area contributed by atoms with Gasteiger partial charge in [-0.25, -0.2) is 4.18 Å². The molecule has 1 unspecified atom stereocenters. The zero-order chi connectivity index (χ0) is 17.2. The third-order valence-electron chi connectivity index (χ3n) is 3.53. The lowest BCUT2D eigenvalue weighted by Gasteiger charge is -2.13. The van der Waals surface area contributed by atoms with Gasteiger partial charge < -0.3 is 10.3 Å². The SMILES string of the molecule is CCn1c(C)cc(C#N)c1-c1ccc(C(N)OS(C)(=O)=O)cc1. The van der Waals surface area contributed by atoms with Gasteiger partial charge in [0.2, 0.25) is 0 Å². The molecule has 6 nitrogen and oxygen atoms in total. The Labute approximate surface area is 136 Å². The molecule has 0 fully saturated rings. The van der Waals surface area contributed by atoms with E-state index in [2.05, 4.69) is 10.6 Å². The van der Waals surface area contributed by atoms with Crippen LogP contribution in [0.2, 0.25) is 0 Å². The molecule has 2 N–H and O–H groups in total. The summed E-state index contributed by atoms with van der Waals surface area (Å²) in [7, 11) is -3.62. The van der Waals surface area contributed by atoms with Gasteiger partial charge in [-0.3, -0.25) is 0 Å². The van der Waals surface area contributed by atoms with E-state index in [0.717, 1.165) is 29.8 Å². The summed E-state index contributed by atoms with van der Waals surface area (Å²) < 4.78 is 29.1. The Bertz CT molecular complexity index is 846. The predicted octanol–water partition coefficient (Wildman–Crippen LogP) is 2.29. The van der Waals surface area contributed by atoms with E-state index in [1.54, 1.807) is 12.1 Å². The number of aryl methyl sites for hydroxylation is 1. The summed E-state index contributed by atoms with van der Waals surface area (Å²) in [4.78, 5) is 0. The zero-order valence-electron chi connectivity index (χ0n) is 13.3. The van der Waals surface area contributed by atoms with Crippen LogP contribution in [0.4, 0.5) is 0 Å². The number of nitriles is 1. The largest absolute Gasteiger partial charge is 0.344 e. The second-order valence-corrected chi connectivity index (χ2v) is 6.85. The van der Waals surface area contributed by atoms with Crippen LogP contribution < -0.4 is 5.73 Å². The Kier molecular flexibility index (Phi) is 4.90. The molecule has 1 atom stereocenters. The van der Waals surface area contributed by atoms with E-state index in [-0.39, 0.29) is 0 Å². The van der Waals surface area contributed by atoms with Crippen LogP contribution in [0.3, 0.4) is 0 Å². The highest BCUT2D eigenvalue weighted by Gasteiger charge is 2.16. The van der Waals surface area contributed by atoms with E-state index in [4.69, 9.17) is 9.92 Å². The van der Waals surface area contributed by atoms with Crippen molar-refractivity contribution in [2.24, 2.45) is 5.73 Å². The average Bonchev–Trinajstić information content (AvgIpc) is 2.81. The van der Waals surface area contributed by atoms with Crippen LogP contribution in [0.5, 0.6) is 0 Å². The van der Waals surface area contributed by atoms with Gasteiger partial charge in [0.25, 0.3) is 10.1 Å². The van der Waals surface area contributed by atoms with Crippen molar-refractivity contribution in [2.75, 3.05) is 6.26 Å². The molecule has 1 aromatic heterocycles. The number of nitrogens with zero attached hydrogens (tertiary/aromatic N) is 2. The van der Waals surface area contributed by atoms with E-state index >= 15 is 0 Å². The van der Waals surface area contributed by atoms with Gasteiger partial charge in [-0.2, -0.15) is 13.7 Å². The van der Waals surface area contributed by atoms with Crippen LogP contribution in [0.15, 0.2) is 30.3 Å². The van der Waals surface area contributed by atoms with E-state index in [1.807, 2.05) is 32.0 Å². The molecule has 0 saturated heterocycles. The van der Waals surface area contributed by atoms with Crippen molar-refractivity contribution >= 4 is 10.1 Å². The fourth-order valence-corrected chi connectivity index (χ4v) is 3.04. The van der Waals surface area contributed by atoms with Crippen LogP contribution in [0, 0.1) is 18.3 Å². The summed E-state index contributed by atoms with van der Waals surface area (Å²) in [5.74, 6) is 0. The summed E-state index contributed by atoms with van der Waals surface area (Å²) in [5, 5.41) is 9.31. The van der Waals surface area contributed by atoms with Crippen molar-refractivity contribution in [3.05, 3.63) is 47.2 Å². The maximum Gasteiger partial charge on any atom is 0.266 e. The molecule has 0 aliphatic heterocycles. The van der Waals surface area contributed by atoms with Gasteiger partial charge in [0.05, 0.1) is 17.5 Å². The highest BCUT2D eigenvalue weighted by Crippen LogP contribution is 2.28. The zero-order valence-corrected chi connectivity index (χ0v) is 14.1. The lowest BCUT2D eigenvalue weighted by molar-refractivity contribution is 0.224. The molecule has 0 aliphatic rings. The standard InChI is InChI=1S/C16H19N3O3S/c1-4-19-11(2)9-14(10-17)15(19)12-5-7-13(8-6-12)16(18)22-23(3,20)21/h5-9,16H,4,18H2,1-3H3. The maximum atomic E-state index is 11.1. The van der Waals surface area contributed by atoms with Gasteiger partial charge >= 0.3 is 0 Å². The molecule has 0 amide bonds. The van der Waals surface area contributed by atoms with Crippen LogP contribution in [0.25, 0.3) is 11.3 Å². The quantitative estimate of drug-likeness (QED) is 0.668. The van der Waals surface area contributed by atoms with Crippen molar-refractivity contribution in [1.82, 2.24) is 4.57 Å². The minimum absolute atomic E-state index is 0.545. The average molecular weight is 333 g/mol. The van der Waals surface area contributed by atoms with Gasteiger partial charge in [-0.05, 0) is 31.0 Å². The summed E-state index contributed by atoms with van der Waals surface area (Å²) in [5.41, 5.74) is 9.60. The number of benzene rings is 1. The molecule has 1 heterocycles. The second-order valence-electron chi connectivity index (χ2n) is 5.25. The number of hydrogen-bond donors (Lipinski definition) is 1. The molecule has 7 heteroatoms. The molecule has 0 saturated carbocycles. The summed E-state index contributed by atoms with van der Waals surface area (Å²) in [6.45, 7) is 4.72. The van der Waals surface area contributed by atoms with Crippen molar-refractivity contribution < 1.29 is 12.6 Å². The monoisotopic (exact) mass is 333 g/mol.